The van der Waals surface area contributed by atoms with Crippen LogP contribution in [0.5, 0.6) is 0 Å². The van der Waals surface area contributed by atoms with E-state index in [0.29, 0.717) is 11.3 Å². The Balaban J connectivity index is 2.31. The fourth-order valence-corrected chi connectivity index (χ4v) is 1.61. The van der Waals surface area contributed by atoms with Crippen LogP contribution in [-0.4, -0.2) is 5.91 Å². The third-order valence-electron chi connectivity index (χ3n) is 2.51. The summed E-state index contributed by atoms with van der Waals surface area (Å²) in [5.41, 5.74) is 4.49. The summed E-state index contributed by atoms with van der Waals surface area (Å²) in [7, 11) is 0. The van der Waals surface area contributed by atoms with E-state index in [0.717, 1.165) is 18.2 Å². The third kappa shape index (κ3) is 3.28. The quantitative estimate of drug-likeness (QED) is 0.876. The molecule has 20 heavy (non-hydrogen) atoms. The molecule has 104 valence electrons. The Morgan fingerprint density at radius 2 is 1.95 bits per heavy atom. The average molecular weight is 281 g/mol. The van der Waals surface area contributed by atoms with Crippen LogP contribution < -0.4 is 5.73 Å². The zero-order valence-electron chi connectivity index (χ0n) is 10.1. The van der Waals surface area contributed by atoms with E-state index in [1.54, 1.807) is 0 Å². The summed E-state index contributed by atoms with van der Waals surface area (Å²) in [5, 5.41) is 0. The van der Waals surface area contributed by atoms with Gasteiger partial charge in [-0.3, -0.25) is 4.79 Å². The van der Waals surface area contributed by atoms with E-state index in [2.05, 4.69) is 0 Å². The molecule has 1 heterocycles. The minimum Gasteiger partial charge on any atom is -0.457 e. The highest BCUT2D eigenvalue weighted by molar-refractivity contribution is 5.89. The number of furan rings is 1. The van der Waals surface area contributed by atoms with Crippen molar-refractivity contribution in [3.63, 3.8) is 0 Å². The first-order chi connectivity index (χ1) is 9.36. The van der Waals surface area contributed by atoms with Crippen molar-refractivity contribution < 1.29 is 22.4 Å². The maximum Gasteiger partial charge on any atom is 0.416 e. The highest BCUT2D eigenvalue weighted by Crippen LogP contribution is 2.32. The van der Waals surface area contributed by atoms with E-state index < -0.39 is 17.6 Å². The lowest BCUT2D eigenvalue weighted by Crippen LogP contribution is -2.04. The van der Waals surface area contributed by atoms with E-state index in [1.165, 1.54) is 30.3 Å². The summed E-state index contributed by atoms with van der Waals surface area (Å²) in [6.45, 7) is 0. The van der Waals surface area contributed by atoms with E-state index in [4.69, 9.17) is 10.2 Å². The lowest BCUT2D eigenvalue weighted by atomic mass is 10.1. The smallest absolute Gasteiger partial charge is 0.416 e. The average Bonchev–Trinajstić information content (AvgIpc) is 2.84. The highest BCUT2D eigenvalue weighted by Gasteiger charge is 2.30. The fraction of sp³-hybridized carbons (Fsp3) is 0.0714. The number of carbonyl (C=O) groups excluding carboxylic acids is 1. The molecule has 0 saturated carbocycles. The second-order valence-electron chi connectivity index (χ2n) is 4.02. The summed E-state index contributed by atoms with van der Waals surface area (Å²) in [4.78, 5) is 10.6. The number of halogens is 3. The van der Waals surface area contributed by atoms with Crippen LogP contribution in [0.15, 0.2) is 46.9 Å². The third-order valence-corrected chi connectivity index (χ3v) is 2.51. The van der Waals surface area contributed by atoms with Crippen molar-refractivity contribution in [3.05, 3.63) is 53.8 Å². The Morgan fingerprint density at radius 3 is 2.60 bits per heavy atom. The minimum absolute atomic E-state index is 0.278. The summed E-state index contributed by atoms with van der Waals surface area (Å²) < 4.78 is 43.1. The SMILES string of the molecule is NC(=O)/C=C\c1ccc(-c2cccc(C(F)(F)F)c2)o1. The van der Waals surface area contributed by atoms with Gasteiger partial charge in [-0.05, 0) is 30.3 Å². The van der Waals surface area contributed by atoms with Crippen LogP contribution >= 0.6 is 0 Å². The molecule has 0 bridgehead atoms. The van der Waals surface area contributed by atoms with Gasteiger partial charge in [0.25, 0.3) is 0 Å². The molecule has 0 atom stereocenters. The maximum absolute atomic E-state index is 12.6. The van der Waals surface area contributed by atoms with Gasteiger partial charge < -0.3 is 10.2 Å². The summed E-state index contributed by atoms with van der Waals surface area (Å²) in [6.07, 6.45) is -1.95. The van der Waals surface area contributed by atoms with Gasteiger partial charge in [0.15, 0.2) is 0 Å². The number of benzene rings is 1. The van der Waals surface area contributed by atoms with Crippen molar-refractivity contribution in [3.8, 4) is 11.3 Å². The molecular weight excluding hydrogens is 271 g/mol. The molecule has 3 nitrogen and oxygen atoms in total. The molecule has 0 saturated heterocycles. The number of alkyl halides is 3. The van der Waals surface area contributed by atoms with Crippen LogP contribution in [0.3, 0.4) is 0 Å². The van der Waals surface area contributed by atoms with Crippen molar-refractivity contribution in [2.24, 2.45) is 5.73 Å². The molecule has 2 N–H and O–H groups in total. The van der Waals surface area contributed by atoms with Gasteiger partial charge in [0.1, 0.15) is 11.5 Å². The Morgan fingerprint density at radius 1 is 1.20 bits per heavy atom. The van der Waals surface area contributed by atoms with Crippen LogP contribution in [0.25, 0.3) is 17.4 Å². The molecule has 1 amide bonds. The van der Waals surface area contributed by atoms with Gasteiger partial charge in [-0.1, -0.05) is 12.1 Å². The Hall–Kier alpha value is -2.50. The summed E-state index contributed by atoms with van der Waals surface area (Å²) in [5.74, 6) is -0.0292. The van der Waals surface area contributed by atoms with Crippen molar-refractivity contribution in [2.45, 2.75) is 6.18 Å². The molecule has 6 heteroatoms. The van der Waals surface area contributed by atoms with Gasteiger partial charge in [0.2, 0.25) is 5.91 Å². The first kappa shape index (κ1) is 13.9. The van der Waals surface area contributed by atoms with Crippen molar-refractivity contribution in [1.29, 1.82) is 0 Å². The maximum atomic E-state index is 12.6. The van der Waals surface area contributed by atoms with Gasteiger partial charge in [-0.25, -0.2) is 0 Å². The Kier molecular flexibility index (Phi) is 3.65. The van der Waals surface area contributed by atoms with Gasteiger partial charge in [-0.15, -0.1) is 0 Å². The number of amides is 1. The molecular formula is C14H10F3NO2. The monoisotopic (exact) mass is 281 g/mol. The summed E-state index contributed by atoms with van der Waals surface area (Å²) in [6, 6.07) is 7.86. The molecule has 1 aromatic carbocycles. The van der Waals surface area contributed by atoms with Gasteiger partial charge >= 0.3 is 6.18 Å². The molecule has 0 aliphatic carbocycles. The predicted molar refractivity (Wildman–Crippen MR) is 67.4 cm³/mol. The highest BCUT2D eigenvalue weighted by atomic mass is 19.4. The van der Waals surface area contributed by atoms with Crippen LogP contribution in [0.2, 0.25) is 0 Å². The minimum atomic E-state index is -4.41. The normalized spacial score (nSPS) is 11.9. The van der Waals surface area contributed by atoms with Gasteiger partial charge in [-0.2, -0.15) is 13.2 Å². The fourth-order valence-electron chi connectivity index (χ4n) is 1.61. The topological polar surface area (TPSA) is 56.2 Å². The number of primary amides is 1. The number of carbonyl (C=O) groups is 1. The molecule has 0 aliphatic heterocycles. The van der Waals surface area contributed by atoms with E-state index in [9.17, 15) is 18.0 Å². The molecule has 2 rings (SSSR count). The molecule has 0 fully saturated rings. The van der Waals surface area contributed by atoms with Crippen LogP contribution in [0, 0.1) is 0 Å². The van der Waals surface area contributed by atoms with E-state index in [1.807, 2.05) is 0 Å². The second-order valence-corrected chi connectivity index (χ2v) is 4.02. The van der Waals surface area contributed by atoms with Crippen molar-refractivity contribution in [1.82, 2.24) is 0 Å². The molecule has 0 unspecified atom stereocenters. The lowest BCUT2D eigenvalue weighted by Gasteiger charge is -2.07. The second kappa shape index (κ2) is 5.24. The standard InChI is InChI=1S/C14H10F3NO2/c15-14(16,17)10-3-1-2-9(8-10)12-6-4-11(20-12)5-7-13(18)19/h1-8H,(H2,18,19)/b7-5-. The molecule has 0 spiro atoms. The number of hydrogen-bond donors (Lipinski definition) is 1. The molecule has 2 aromatic rings. The first-order valence-electron chi connectivity index (χ1n) is 5.61. The van der Waals surface area contributed by atoms with Crippen LogP contribution in [0.1, 0.15) is 11.3 Å². The summed E-state index contributed by atoms with van der Waals surface area (Å²) >= 11 is 0. The molecule has 0 aliphatic rings. The predicted octanol–water partition coefficient (Wildman–Crippen LogP) is 3.46. The zero-order valence-corrected chi connectivity index (χ0v) is 10.1. The number of hydrogen-bond acceptors (Lipinski definition) is 2. The number of nitrogens with two attached hydrogens (primary N) is 1. The Bertz CT molecular complexity index is 656. The van der Waals surface area contributed by atoms with E-state index >= 15 is 0 Å². The van der Waals surface area contributed by atoms with Crippen LogP contribution in [0.4, 0.5) is 13.2 Å². The van der Waals surface area contributed by atoms with Gasteiger partial charge in [0, 0.05) is 11.6 Å². The molecule has 1 aromatic heterocycles. The van der Waals surface area contributed by atoms with Gasteiger partial charge in [0.05, 0.1) is 5.56 Å². The lowest BCUT2D eigenvalue weighted by molar-refractivity contribution is -0.137. The number of rotatable bonds is 3. The Labute approximate surface area is 112 Å². The van der Waals surface area contributed by atoms with Crippen molar-refractivity contribution in [2.75, 3.05) is 0 Å². The van der Waals surface area contributed by atoms with Crippen molar-refractivity contribution >= 4 is 12.0 Å². The first-order valence-corrected chi connectivity index (χ1v) is 5.61. The molecule has 0 radical (unpaired) electrons. The zero-order chi connectivity index (χ0) is 14.8. The largest absolute Gasteiger partial charge is 0.457 e. The van der Waals surface area contributed by atoms with E-state index in [-0.39, 0.29) is 5.76 Å². The van der Waals surface area contributed by atoms with Crippen LogP contribution in [-0.2, 0) is 11.0 Å².